The summed E-state index contributed by atoms with van der Waals surface area (Å²) in [5, 5.41) is 0.969. The highest BCUT2D eigenvalue weighted by Crippen LogP contribution is 2.33. The minimum Gasteiger partial charge on any atom is -0.484 e. The number of nitrogens with one attached hydrogen (secondary N) is 1. The molecule has 0 spiro atoms. The Morgan fingerprint density at radius 2 is 1.89 bits per heavy atom. The highest BCUT2D eigenvalue weighted by molar-refractivity contribution is 6.43. The molecule has 6 heteroatoms. The molecule has 3 nitrogen and oxygen atoms in total. The molecule has 2 rings (SSSR count). The Labute approximate surface area is 119 Å². The minimum atomic E-state index is -0.179. The summed E-state index contributed by atoms with van der Waals surface area (Å²) < 4.78 is 5.31. The number of aromatic nitrogens is 1. The van der Waals surface area contributed by atoms with Crippen molar-refractivity contribution in [3.05, 3.63) is 51.2 Å². The van der Waals surface area contributed by atoms with Gasteiger partial charge in [-0.05, 0) is 18.2 Å². The fourth-order valence-corrected chi connectivity index (χ4v) is 1.93. The van der Waals surface area contributed by atoms with E-state index in [0.29, 0.717) is 26.5 Å². The van der Waals surface area contributed by atoms with Crippen molar-refractivity contribution < 1.29 is 9.53 Å². The second kappa shape index (κ2) is 5.65. The number of H-pyrrole nitrogens is 1. The third kappa shape index (κ3) is 2.99. The topological polar surface area (TPSA) is 42.1 Å². The van der Waals surface area contributed by atoms with E-state index in [1.165, 1.54) is 12.1 Å². The summed E-state index contributed by atoms with van der Waals surface area (Å²) in [6, 6.07) is 6.36. The second-order valence-corrected chi connectivity index (χ2v) is 4.71. The molecule has 0 unspecified atom stereocenters. The quantitative estimate of drug-likeness (QED) is 0.678. The fourth-order valence-electron chi connectivity index (χ4n) is 1.34. The molecule has 18 heavy (non-hydrogen) atoms. The van der Waals surface area contributed by atoms with Crippen LogP contribution in [0.25, 0.3) is 0 Å². The van der Waals surface area contributed by atoms with Gasteiger partial charge in [-0.3, -0.25) is 4.79 Å². The first kappa shape index (κ1) is 13.3. The van der Waals surface area contributed by atoms with Crippen LogP contribution in [0.15, 0.2) is 30.5 Å². The highest BCUT2D eigenvalue weighted by atomic mass is 35.5. The first-order valence-corrected chi connectivity index (χ1v) is 6.15. The van der Waals surface area contributed by atoms with Crippen molar-refractivity contribution in [2.75, 3.05) is 6.61 Å². The van der Waals surface area contributed by atoms with Gasteiger partial charge >= 0.3 is 0 Å². The van der Waals surface area contributed by atoms with E-state index < -0.39 is 0 Å². The summed E-state index contributed by atoms with van der Waals surface area (Å²) in [5.41, 5.74) is 0.478. The predicted molar refractivity (Wildman–Crippen MR) is 72.1 cm³/mol. The molecule has 0 fully saturated rings. The molecular weight excluding hydrogens is 296 g/mol. The minimum absolute atomic E-state index is 0.127. The van der Waals surface area contributed by atoms with Gasteiger partial charge in [0.1, 0.15) is 5.75 Å². The van der Waals surface area contributed by atoms with Crippen LogP contribution < -0.4 is 4.74 Å². The number of carbonyl (C=O) groups is 1. The number of halogens is 3. The van der Waals surface area contributed by atoms with E-state index in [-0.39, 0.29) is 12.4 Å². The van der Waals surface area contributed by atoms with Gasteiger partial charge in [-0.1, -0.05) is 34.8 Å². The summed E-state index contributed by atoms with van der Waals surface area (Å²) >= 11 is 17.5. The Bertz CT molecular complexity index is 567. The molecule has 1 heterocycles. The lowest BCUT2D eigenvalue weighted by Crippen LogP contribution is -2.12. The number of aromatic amines is 1. The van der Waals surface area contributed by atoms with Crippen LogP contribution >= 0.6 is 34.8 Å². The van der Waals surface area contributed by atoms with Crippen LogP contribution in [-0.2, 0) is 0 Å². The molecule has 1 aromatic carbocycles. The first-order chi connectivity index (χ1) is 8.58. The van der Waals surface area contributed by atoms with E-state index in [1.807, 2.05) is 0 Å². The zero-order valence-electron chi connectivity index (χ0n) is 9.04. The molecule has 0 bridgehead atoms. The van der Waals surface area contributed by atoms with Crippen molar-refractivity contribution in [1.29, 1.82) is 0 Å². The standard InChI is InChI=1S/C12H8Cl3NO2/c13-7-4-9(15)12(5-8(7)14)18-6-11(17)10-2-1-3-16-10/h1-5,16H,6H2. The summed E-state index contributed by atoms with van der Waals surface area (Å²) in [5.74, 6) is 0.146. The van der Waals surface area contributed by atoms with Crippen LogP contribution in [0.3, 0.4) is 0 Å². The summed E-state index contributed by atoms with van der Waals surface area (Å²) in [6.07, 6.45) is 1.67. The number of hydrogen-bond acceptors (Lipinski definition) is 2. The van der Waals surface area contributed by atoms with E-state index in [2.05, 4.69) is 4.98 Å². The number of Topliss-reactive ketones (excluding diaryl/α,β-unsaturated/α-hetero) is 1. The average molecular weight is 305 g/mol. The number of carbonyl (C=O) groups excluding carboxylic acids is 1. The lowest BCUT2D eigenvalue weighted by molar-refractivity contribution is 0.0917. The molecule has 0 saturated carbocycles. The normalized spacial score (nSPS) is 10.4. The van der Waals surface area contributed by atoms with Crippen LogP contribution in [0, 0.1) is 0 Å². The Morgan fingerprint density at radius 1 is 1.17 bits per heavy atom. The first-order valence-electron chi connectivity index (χ1n) is 5.02. The number of hydrogen-bond donors (Lipinski definition) is 1. The Kier molecular flexibility index (Phi) is 4.17. The predicted octanol–water partition coefficient (Wildman–Crippen LogP) is 4.24. The molecule has 0 amide bonds. The van der Waals surface area contributed by atoms with E-state index in [1.54, 1.807) is 18.3 Å². The summed E-state index contributed by atoms with van der Waals surface area (Å²) in [6.45, 7) is -0.127. The second-order valence-electron chi connectivity index (χ2n) is 3.49. The highest BCUT2D eigenvalue weighted by Gasteiger charge is 2.11. The molecule has 94 valence electrons. The molecule has 0 atom stereocenters. The Hall–Kier alpha value is -1.16. The van der Waals surface area contributed by atoms with Crippen LogP contribution in [0.2, 0.25) is 15.1 Å². The lowest BCUT2D eigenvalue weighted by atomic mass is 10.3. The van der Waals surface area contributed by atoms with Crippen molar-refractivity contribution in [2.45, 2.75) is 0 Å². The molecule has 1 aromatic heterocycles. The van der Waals surface area contributed by atoms with Gasteiger partial charge in [0.2, 0.25) is 5.78 Å². The van der Waals surface area contributed by atoms with Gasteiger partial charge in [-0.2, -0.15) is 0 Å². The van der Waals surface area contributed by atoms with Crippen LogP contribution in [0.1, 0.15) is 10.5 Å². The Morgan fingerprint density at radius 3 is 2.56 bits per heavy atom. The van der Waals surface area contributed by atoms with Crippen molar-refractivity contribution in [3.8, 4) is 5.75 Å². The summed E-state index contributed by atoms with van der Waals surface area (Å²) in [4.78, 5) is 14.5. The molecule has 0 aliphatic carbocycles. The zero-order chi connectivity index (χ0) is 13.1. The van der Waals surface area contributed by atoms with Crippen LogP contribution in [0.5, 0.6) is 5.75 Å². The molecular formula is C12H8Cl3NO2. The van der Waals surface area contributed by atoms with Crippen molar-refractivity contribution in [3.63, 3.8) is 0 Å². The molecule has 2 aromatic rings. The maximum atomic E-state index is 11.7. The Balaban J connectivity index is 2.07. The van der Waals surface area contributed by atoms with E-state index >= 15 is 0 Å². The van der Waals surface area contributed by atoms with Gasteiger partial charge < -0.3 is 9.72 Å². The number of ether oxygens (including phenoxy) is 1. The van der Waals surface area contributed by atoms with Gasteiger partial charge in [-0.15, -0.1) is 0 Å². The maximum Gasteiger partial charge on any atom is 0.216 e. The summed E-state index contributed by atoms with van der Waals surface area (Å²) in [7, 11) is 0. The SMILES string of the molecule is O=C(COc1cc(Cl)c(Cl)cc1Cl)c1ccc[nH]1. The van der Waals surface area contributed by atoms with Crippen LogP contribution in [0.4, 0.5) is 0 Å². The lowest BCUT2D eigenvalue weighted by Gasteiger charge is -2.08. The fraction of sp³-hybridized carbons (Fsp3) is 0.0833. The van der Waals surface area contributed by atoms with E-state index in [9.17, 15) is 4.79 Å². The van der Waals surface area contributed by atoms with Crippen molar-refractivity contribution in [2.24, 2.45) is 0 Å². The van der Waals surface area contributed by atoms with E-state index in [0.717, 1.165) is 0 Å². The number of ketones is 1. The number of rotatable bonds is 4. The van der Waals surface area contributed by atoms with Crippen molar-refractivity contribution >= 4 is 40.6 Å². The molecule has 0 aliphatic heterocycles. The van der Waals surface area contributed by atoms with Gasteiger partial charge in [0, 0.05) is 12.3 Å². The maximum absolute atomic E-state index is 11.7. The monoisotopic (exact) mass is 303 g/mol. The van der Waals surface area contributed by atoms with Gasteiger partial charge in [0.15, 0.2) is 6.61 Å². The molecule has 0 radical (unpaired) electrons. The zero-order valence-corrected chi connectivity index (χ0v) is 11.3. The number of benzene rings is 1. The average Bonchev–Trinajstić information content (AvgIpc) is 2.85. The van der Waals surface area contributed by atoms with E-state index in [4.69, 9.17) is 39.5 Å². The largest absolute Gasteiger partial charge is 0.484 e. The third-order valence-electron chi connectivity index (χ3n) is 2.23. The van der Waals surface area contributed by atoms with Gasteiger partial charge in [0.25, 0.3) is 0 Å². The van der Waals surface area contributed by atoms with Gasteiger partial charge in [0.05, 0.1) is 20.8 Å². The molecule has 0 aliphatic rings. The van der Waals surface area contributed by atoms with Crippen LogP contribution in [-0.4, -0.2) is 17.4 Å². The smallest absolute Gasteiger partial charge is 0.216 e. The van der Waals surface area contributed by atoms with Gasteiger partial charge in [-0.25, -0.2) is 0 Å². The van der Waals surface area contributed by atoms with Crippen molar-refractivity contribution in [1.82, 2.24) is 4.98 Å². The molecule has 0 saturated heterocycles. The third-order valence-corrected chi connectivity index (χ3v) is 3.25. The molecule has 1 N–H and O–H groups in total.